The molecular weight excluding hydrogens is 320 g/mol. The van der Waals surface area contributed by atoms with E-state index in [-0.39, 0.29) is 13.3 Å². The molecule has 1 aliphatic rings. The van der Waals surface area contributed by atoms with Crippen LogP contribution in [0.4, 0.5) is 5.69 Å². The fourth-order valence-corrected chi connectivity index (χ4v) is 3.20. The number of aliphatic hydroxyl groups is 1. The van der Waals surface area contributed by atoms with E-state index >= 15 is 0 Å². The van der Waals surface area contributed by atoms with Crippen LogP contribution in [0.25, 0.3) is 5.76 Å². The van der Waals surface area contributed by atoms with Gasteiger partial charge in [0.05, 0.1) is 30.2 Å². The second-order valence-corrected chi connectivity index (χ2v) is 6.08. The summed E-state index contributed by atoms with van der Waals surface area (Å²) in [6, 6.07) is 7.74. The van der Waals surface area contributed by atoms with E-state index in [2.05, 4.69) is 5.10 Å². The third-order valence-corrected chi connectivity index (χ3v) is 4.26. The molecule has 1 aromatic heterocycles. The predicted molar refractivity (Wildman–Crippen MR) is 94.5 cm³/mol. The number of anilines is 1. The van der Waals surface area contributed by atoms with Gasteiger partial charge >= 0.3 is 0 Å². The lowest BCUT2D eigenvalue weighted by Gasteiger charge is -2.18. The van der Waals surface area contributed by atoms with Crippen LogP contribution in [0.3, 0.4) is 0 Å². The van der Waals surface area contributed by atoms with E-state index in [1.807, 2.05) is 45.0 Å². The van der Waals surface area contributed by atoms with Gasteiger partial charge in [0.2, 0.25) is 0 Å². The molecule has 0 saturated carbocycles. The number of ether oxygens (including phenoxy) is 1. The molecule has 0 saturated heterocycles. The van der Waals surface area contributed by atoms with Crippen molar-refractivity contribution in [1.82, 2.24) is 9.78 Å². The van der Waals surface area contributed by atoms with Crippen LogP contribution in [0, 0.1) is 20.8 Å². The van der Waals surface area contributed by atoms with Crippen LogP contribution in [-0.2, 0) is 16.1 Å². The largest absolute Gasteiger partial charge is 0.470 e. The summed E-state index contributed by atoms with van der Waals surface area (Å²) in [7, 11) is 0. The molecule has 25 heavy (non-hydrogen) atoms. The quantitative estimate of drug-likeness (QED) is 0.858. The van der Waals surface area contributed by atoms with Crippen LogP contribution in [-0.4, -0.2) is 34.1 Å². The summed E-state index contributed by atoms with van der Waals surface area (Å²) in [6.07, 6.45) is 0. The molecule has 7 nitrogen and oxygen atoms in total. The van der Waals surface area contributed by atoms with Crippen LogP contribution in [0.2, 0.25) is 0 Å². The fourth-order valence-electron chi connectivity index (χ4n) is 3.20. The smallest absolute Gasteiger partial charge is 0.269 e. The molecule has 1 aromatic carbocycles. The highest BCUT2D eigenvalue weighted by Crippen LogP contribution is 2.36. The minimum Gasteiger partial charge on any atom is -0.470 e. The van der Waals surface area contributed by atoms with Crippen LogP contribution in [0.1, 0.15) is 22.5 Å². The summed E-state index contributed by atoms with van der Waals surface area (Å²) in [5.74, 6) is -0.0763. The van der Waals surface area contributed by atoms with Crippen molar-refractivity contribution in [3.05, 3.63) is 52.5 Å². The second-order valence-electron chi connectivity index (χ2n) is 6.08. The Morgan fingerprint density at radius 3 is 2.76 bits per heavy atom. The highest BCUT2D eigenvalue weighted by molar-refractivity contribution is 6.03. The average Bonchev–Trinajstić information content (AvgIpc) is 3.09. The van der Waals surface area contributed by atoms with Gasteiger partial charge in [-0.25, -0.2) is 0 Å². The van der Waals surface area contributed by atoms with Gasteiger partial charge in [0.15, 0.2) is 18.2 Å². The van der Waals surface area contributed by atoms with Crippen LogP contribution >= 0.6 is 0 Å². The van der Waals surface area contributed by atoms with Gasteiger partial charge in [-0.15, -0.1) is 0 Å². The number of amides is 1. The van der Waals surface area contributed by atoms with Crippen LogP contribution < -0.4 is 10.6 Å². The van der Waals surface area contributed by atoms with E-state index in [1.54, 1.807) is 9.58 Å². The lowest BCUT2D eigenvalue weighted by Crippen LogP contribution is -2.29. The number of hydrogen-bond donors (Lipinski definition) is 2. The first-order valence-corrected chi connectivity index (χ1v) is 8.10. The van der Waals surface area contributed by atoms with Gasteiger partial charge in [0.1, 0.15) is 0 Å². The standard InChI is InChI=1S/C18H22N4O3/c1-11-5-4-6-14(9-11)17-16(18(19)24)21(10-25-17)15-12(2)20-22(7-8-23)13(15)3/h4-6,9,23H,7-8,10H2,1-3H3,(H2,19,24). The van der Waals surface area contributed by atoms with Gasteiger partial charge in [-0.1, -0.05) is 23.8 Å². The number of rotatable bonds is 5. The van der Waals surface area contributed by atoms with Gasteiger partial charge in [-0.2, -0.15) is 5.10 Å². The molecule has 3 rings (SSSR count). The van der Waals surface area contributed by atoms with Crippen molar-refractivity contribution in [2.45, 2.75) is 27.3 Å². The Labute approximate surface area is 146 Å². The summed E-state index contributed by atoms with van der Waals surface area (Å²) in [5.41, 5.74) is 10.3. The first-order chi connectivity index (χ1) is 11.9. The van der Waals surface area contributed by atoms with Crippen molar-refractivity contribution in [2.24, 2.45) is 5.73 Å². The Balaban J connectivity index is 2.11. The third kappa shape index (κ3) is 2.98. The molecule has 3 N–H and O–H groups in total. The summed E-state index contributed by atoms with van der Waals surface area (Å²) in [5, 5.41) is 13.6. The van der Waals surface area contributed by atoms with Gasteiger partial charge in [0, 0.05) is 5.56 Å². The van der Waals surface area contributed by atoms with Crippen molar-refractivity contribution in [2.75, 3.05) is 18.2 Å². The maximum atomic E-state index is 12.2. The molecule has 0 unspecified atom stereocenters. The molecular formula is C18H22N4O3. The van der Waals surface area contributed by atoms with Crippen molar-refractivity contribution < 1.29 is 14.6 Å². The zero-order valence-electron chi connectivity index (χ0n) is 14.6. The van der Waals surface area contributed by atoms with Crippen molar-refractivity contribution in [1.29, 1.82) is 0 Å². The summed E-state index contributed by atoms with van der Waals surface area (Å²) < 4.78 is 7.55. The second kappa shape index (κ2) is 6.60. The monoisotopic (exact) mass is 342 g/mol. The van der Waals surface area contributed by atoms with Gasteiger partial charge < -0.3 is 15.6 Å². The number of aryl methyl sites for hydroxylation is 2. The summed E-state index contributed by atoms with van der Waals surface area (Å²) in [4.78, 5) is 13.9. The van der Waals surface area contributed by atoms with E-state index in [0.717, 1.165) is 28.2 Å². The Morgan fingerprint density at radius 2 is 2.12 bits per heavy atom. The molecule has 0 aliphatic carbocycles. The van der Waals surface area contributed by atoms with Gasteiger partial charge in [-0.3, -0.25) is 14.4 Å². The Bertz CT molecular complexity index is 854. The number of hydrogen-bond acceptors (Lipinski definition) is 5. The maximum Gasteiger partial charge on any atom is 0.269 e. The molecule has 1 aliphatic heterocycles. The lowest BCUT2D eigenvalue weighted by molar-refractivity contribution is -0.114. The molecule has 2 heterocycles. The molecule has 132 valence electrons. The molecule has 0 radical (unpaired) electrons. The van der Waals surface area contributed by atoms with Crippen molar-refractivity contribution in [3.8, 4) is 0 Å². The normalized spacial score (nSPS) is 14.2. The number of nitrogens with two attached hydrogens (primary N) is 1. The lowest BCUT2D eigenvalue weighted by atomic mass is 10.1. The zero-order valence-corrected chi connectivity index (χ0v) is 14.6. The Kier molecular flexibility index (Phi) is 4.50. The van der Waals surface area contributed by atoms with Crippen molar-refractivity contribution in [3.63, 3.8) is 0 Å². The minimum absolute atomic E-state index is 0.00897. The summed E-state index contributed by atoms with van der Waals surface area (Å²) in [6.45, 7) is 6.31. The highest BCUT2D eigenvalue weighted by atomic mass is 16.5. The highest BCUT2D eigenvalue weighted by Gasteiger charge is 2.33. The van der Waals surface area contributed by atoms with E-state index in [4.69, 9.17) is 10.5 Å². The predicted octanol–water partition coefficient (Wildman–Crippen LogP) is 1.45. The summed E-state index contributed by atoms with van der Waals surface area (Å²) >= 11 is 0. The topological polar surface area (TPSA) is 93.6 Å². The van der Waals surface area contributed by atoms with Crippen molar-refractivity contribution >= 4 is 17.4 Å². The van der Waals surface area contributed by atoms with E-state index in [1.165, 1.54) is 0 Å². The van der Waals surface area contributed by atoms with E-state index in [9.17, 15) is 9.90 Å². The maximum absolute atomic E-state index is 12.2. The molecule has 0 atom stereocenters. The first-order valence-electron chi connectivity index (χ1n) is 8.10. The number of primary amides is 1. The van der Waals surface area contributed by atoms with E-state index in [0.29, 0.717) is 18.0 Å². The minimum atomic E-state index is -0.553. The number of nitrogens with zero attached hydrogens (tertiary/aromatic N) is 3. The zero-order chi connectivity index (χ0) is 18.1. The first kappa shape index (κ1) is 17.0. The number of aromatic nitrogens is 2. The average molecular weight is 342 g/mol. The third-order valence-electron chi connectivity index (χ3n) is 4.26. The molecule has 0 bridgehead atoms. The number of carbonyl (C=O) groups excluding carboxylic acids is 1. The number of benzene rings is 1. The van der Waals surface area contributed by atoms with Gasteiger partial charge in [0.25, 0.3) is 5.91 Å². The molecule has 1 amide bonds. The molecule has 0 spiro atoms. The van der Waals surface area contributed by atoms with E-state index < -0.39 is 5.91 Å². The SMILES string of the molecule is Cc1cccc(C2=C(C(N)=O)N(c3c(C)nn(CCO)c3C)CO2)c1. The van der Waals surface area contributed by atoms with Crippen LogP contribution in [0.15, 0.2) is 30.0 Å². The molecule has 7 heteroatoms. The van der Waals surface area contributed by atoms with Crippen LogP contribution in [0.5, 0.6) is 0 Å². The Hall–Kier alpha value is -2.80. The van der Waals surface area contributed by atoms with Gasteiger partial charge in [-0.05, 0) is 26.8 Å². The number of carbonyl (C=O) groups is 1. The Morgan fingerprint density at radius 1 is 1.36 bits per heavy atom. The molecule has 2 aromatic rings. The molecule has 0 fully saturated rings. The fraction of sp³-hybridized carbons (Fsp3) is 0.333. The number of aliphatic hydroxyl groups excluding tert-OH is 1.